The number of esters is 1. The molecule has 0 aromatic carbocycles. The number of cyclic esters (lactones) is 1. The van der Waals surface area contributed by atoms with Crippen LogP contribution in [0.2, 0.25) is 5.15 Å². The Labute approximate surface area is 200 Å². The molecule has 0 bridgehead atoms. The van der Waals surface area contributed by atoms with E-state index in [0.717, 1.165) is 11.8 Å². The van der Waals surface area contributed by atoms with Gasteiger partial charge in [0.1, 0.15) is 16.9 Å². The predicted octanol–water partition coefficient (Wildman–Crippen LogP) is 4.34. The van der Waals surface area contributed by atoms with Crippen LogP contribution in [0.1, 0.15) is 51.9 Å². The molecule has 1 saturated heterocycles. The van der Waals surface area contributed by atoms with Crippen LogP contribution in [-0.4, -0.2) is 38.6 Å². The summed E-state index contributed by atoms with van der Waals surface area (Å²) in [5.41, 5.74) is 2.55. The molecule has 8 nitrogen and oxygen atoms in total. The second-order valence-corrected chi connectivity index (χ2v) is 8.62. The van der Waals surface area contributed by atoms with Crippen LogP contribution in [0.4, 0.5) is 10.1 Å². The molecule has 0 aliphatic carbocycles. The van der Waals surface area contributed by atoms with Crippen molar-refractivity contribution < 1.29 is 23.8 Å². The first-order chi connectivity index (χ1) is 16.2. The molecule has 0 saturated carbocycles. The normalized spacial score (nSPS) is 18.4. The second kappa shape index (κ2) is 9.72. The smallest absolute Gasteiger partial charge is 0.356 e. The van der Waals surface area contributed by atoms with Crippen LogP contribution in [0.15, 0.2) is 42.7 Å². The predicted molar refractivity (Wildman–Crippen MR) is 122 cm³/mol. The van der Waals surface area contributed by atoms with Gasteiger partial charge >= 0.3 is 11.9 Å². The Morgan fingerprint density at radius 3 is 2.85 bits per heavy atom. The molecule has 0 amide bonds. The Bertz CT molecular complexity index is 1260. The maximum absolute atomic E-state index is 14.2. The number of nitrogens with zero attached hydrogens (tertiary/aromatic N) is 3. The minimum absolute atomic E-state index is 0.0722. The van der Waals surface area contributed by atoms with Crippen molar-refractivity contribution in [2.24, 2.45) is 5.92 Å². The highest BCUT2D eigenvalue weighted by atomic mass is 35.5. The van der Waals surface area contributed by atoms with Crippen molar-refractivity contribution >= 4 is 29.2 Å². The molecule has 1 fully saturated rings. The number of pyridine rings is 3. The Balaban J connectivity index is 1.62. The lowest BCUT2D eigenvalue weighted by Crippen LogP contribution is -2.20. The van der Waals surface area contributed by atoms with E-state index in [9.17, 15) is 19.1 Å². The molecular weight excluding hydrogens is 463 g/mol. The number of aromatic carboxylic acids is 1. The van der Waals surface area contributed by atoms with E-state index in [0.29, 0.717) is 29.1 Å². The average Bonchev–Trinajstić information content (AvgIpc) is 3.15. The van der Waals surface area contributed by atoms with Crippen LogP contribution in [0.5, 0.6) is 0 Å². The third-order valence-electron chi connectivity index (χ3n) is 5.71. The monoisotopic (exact) mass is 484 g/mol. The summed E-state index contributed by atoms with van der Waals surface area (Å²) in [6.45, 7) is 3.87. The first-order valence-corrected chi connectivity index (χ1v) is 11.0. The van der Waals surface area contributed by atoms with Gasteiger partial charge in [-0.05, 0) is 61.7 Å². The van der Waals surface area contributed by atoms with Gasteiger partial charge in [-0.1, -0.05) is 11.6 Å². The number of aromatic nitrogens is 3. The fraction of sp³-hybridized carbons (Fsp3) is 0.292. The highest BCUT2D eigenvalue weighted by Gasteiger charge is 2.39. The van der Waals surface area contributed by atoms with Crippen LogP contribution in [0.3, 0.4) is 0 Å². The highest BCUT2D eigenvalue weighted by Crippen LogP contribution is 2.35. The summed E-state index contributed by atoms with van der Waals surface area (Å²) in [6, 6.07) is 7.89. The van der Waals surface area contributed by atoms with E-state index in [-0.39, 0.29) is 23.4 Å². The summed E-state index contributed by atoms with van der Waals surface area (Å²) in [5, 5.41) is 12.6. The van der Waals surface area contributed by atoms with Gasteiger partial charge < -0.3 is 15.2 Å². The van der Waals surface area contributed by atoms with E-state index in [1.54, 1.807) is 12.1 Å². The third kappa shape index (κ3) is 4.99. The van der Waals surface area contributed by atoms with Crippen LogP contribution in [0, 0.1) is 18.7 Å². The van der Waals surface area contributed by atoms with Crippen LogP contribution in [0.25, 0.3) is 0 Å². The van der Waals surface area contributed by atoms with E-state index in [4.69, 9.17) is 21.3 Å². The maximum atomic E-state index is 14.2. The van der Waals surface area contributed by atoms with Gasteiger partial charge in [0, 0.05) is 12.1 Å². The number of carbonyl (C=O) groups excluding carboxylic acids is 1. The zero-order chi connectivity index (χ0) is 24.4. The molecule has 10 heteroatoms. The van der Waals surface area contributed by atoms with Crippen molar-refractivity contribution in [3.05, 3.63) is 81.9 Å². The van der Waals surface area contributed by atoms with E-state index in [1.165, 1.54) is 12.3 Å². The summed E-state index contributed by atoms with van der Waals surface area (Å²) in [7, 11) is 0. The largest absolute Gasteiger partial charge is 0.476 e. The summed E-state index contributed by atoms with van der Waals surface area (Å²) in [4.78, 5) is 36.5. The van der Waals surface area contributed by atoms with Crippen molar-refractivity contribution in [2.45, 2.75) is 32.2 Å². The number of nitrogens with one attached hydrogen (secondary N) is 1. The molecule has 0 radical (unpaired) electrons. The first kappa shape index (κ1) is 23.6. The minimum Gasteiger partial charge on any atom is -0.476 e. The molecule has 3 aromatic rings. The number of ether oxygens (including phenoxy) is 1. The quantitative estimate of drug-likeness (QED) is 0.376. The van der Waals surface area contributed by atoms with Crippen molar-refractivity contribution in [3.63, 3.8) is 0 Å². The van der Waals surface area contributed by atoms with Crippen LogP contribution in [-0.2, 0) is 16.0 Å². The molecule has 1 aliphatic rings. The summed E-state index contributed by atoms with van der Waals surface area (Å²) < 4.78 is 19.5. The second-order valence-electron chi connectivity index (χ2n) is 8.23. The molecule has 1 aliphatic heterocycles. The van der Waals surface area contributed by atoms with Crippen LogP contribution >= 0.6 is 11.6 Å². The molecule has 4 heterocycles. The number of hydrogen-bond donors (Lipinski definition) is 2. The molecule has 4 rings (SSSR count). The highest BCUT2D eigenvalue weighted by molar-refractivity contribution is 6.29. The summed E-state index contributed by atoms with van der Waals surface area (Å²) in [5.74, 6) is -2.98. The van der Waals surface area contributed by atoms with E-state index >= 15 is 0 Å². The lowest BCUT2D eigenvalue weighted by molar-refractivity contribution is -0.139. The lowest BCUT2D eigenvalue weighted by atomic mass is 9.86. The third-order valence-corrected chi connectivity index (χ3v) is 5.92. The van der Waals surface area contributed by atoms with Gasteiger partial charge in [0.05, 0.1) is 35.9 Å². The van der Waals surface area contributed by atoms with Gasteiger partial charge in [0.2, 0.25) is 0 Å². The van der Waals surface area contributed by atoms with Crippen molar-refractivity contribution in [3.8, 4) is 0 Å². The number of rotatable bonds is 7. The summed E-state index contributed by atoms with van der Waals surface area (Å²) >= 11 is 5.84. The summed E-state index contributed by atoms with van der Waals surface area (Å²) in [6.07, 6.45) is 2.97. The Morgan fingerprint density at radius 1 is 1.32 bits per heavy atom. The fourth-order valence-corrected chi connectivity index (χ4v) is 4.23. The van der Waals surface area contributed by atoms with Crippen molar-refractivity contribution in [2.75, 3.05) is 11.9 Å². The van der Waals surface area contributed by atoms with E-state index < -0.39 is 29.7 Å². The fourth-order valence-electron chi connectivity index (χ4n) is 4.08. The van der Waals surface area contributed by atoms with Crippen LogP contribution < -0.4 is 5.32 Å². The number of carbonyl (C=O) groups is 2. The van der Waals surface area contributed by atoms with Gasteiger partial charge in [-0.25, -0.2) is 14.2 Å². The number of aryl methyl sites for hydroxylation is 1. The molecule has 176 valence electrons. The molecular formula is C24H22ClFN4O4. The van der Waals surface area contributed by atoms with Gasteiger partial charge in [-0.2, -0.15) is 0 Å². The standard InChI is InChI=1S/C24H22ClFN4O4/c1-12-7-18(13(2)28-17-3-4-20(25)30-22(17)23(31)32)29-19(8-12)21-15(11-34-24(21)33)9-14-5-6-27-10-16(14)26/h3-8,10,13,15,21,28H,9,11H2,1-2H3,(H,31,32)/t13-,15?,21+/m1/s1. The van der Waals surface area contributed by atoms with E-state index in [2.05, 4.69) is 15.3 Å². The molecule has 3 aromatic heterocycles. The minimum atomic E-state index is -1.21. The van der Waals surface area contributed by atoms with Gasteiger partial charge in [0.25, 0.3) is 0 Å². The number of carboxylic acids is 1. The Morgan fingerprint density at radius 2 is 2.12 bits per heavy atom. The number of anilines is 1. The number of hydrogen-bond acceptors (Lipinski definition) is 7. The topological polar surface area (TPSA) is 114 Å². The molecule has 34 heavy (non-hydrogen) atoms. The first-order valence-electron chi connectivity index (χ1n) is 10.6. The number of halogens is 2. The van der Waals surface area contributed by atoms with E-state index in [1.807, 2.05) is 26.0 Å². The zero-order valence-electron chi connectivity index (χ0n) is 18.5. The SMILES string of the molecule is Cc1cc([C@H]2C(=O)OCC2Cc2ccncc2F)nc([C@@H](C)Nc2ccc(Cl)nc2C(=O)O)c1. The van der Waals surface area contributed by atoms with Gasteiger partial charge in [0.15, 0.2) is 5.69 Å². The molecule has 3 atom stereocenters. The van der Waals surface area contributed by atoms with Crippen molar-refractivity contribution in [1.82, 2.24) is 15.0 Å². The van der Waals surface area contributed by atoms with Gasteiger partial charge in [-0.3, -0.25) is 14.8 Å². The Hall–Kier alpha value is -3.59. The van der Waals surface area contributed by atoms with Crippen molar-refractivity contribution in [1.29, 1.82) is 0 Å². The molecule has 0 spiro atoms. The average molecular weight is 485 g/mol. The zero-order valence-corrected chi connectivity index (χ0v) is 19.2. The molecule has 2 N–H and O–H groups in total. The maximum Gasteiger partial charge on any atom is 0.356 e. The lowest BCUT2D eigenvalue weighted by Gasteiger charge is -2.20. The molecule has 1 unspecified atom stereocenters. The van der Waals surface area contributed by atoms with Gasteiger partial charge in [-0.15, -0.1) is 0 Å². The Kier molecular flexibility index (Phi) is 6.74. The number of carboxylic acid groups (broad SMARTS) is 1.